The molecule has 0 atom stereocenters. The van der Waals surface area contributed by atoms with Gasteiger partial charge in [-0.05, 0) is 6.42 Å². The Morgan fingerprint density at radius 3 is 2.42 bits per heavy atom. The van der Waals surface area contributed by atoms with Crippen molar-refractivity contribution in [2.75, 3.05) is 0 Å². The highest BCUT2D eigenvalue weighted by Crippen LogP contribution is 2.05. The summed E-state index contributed by atoms with van der Waals surface area (Å²) >= 11 is 0. The zero-order valence-corrected chi connectivity index (χ0v) is 10.4. The third-order valence-electron chi connectivity index (χ3n) is 1.83. The minimum atomic E-state index is 0.736. The van der Waals surface area contributed by atoms with Gasteiger partial charge < -0.3 is 4.43 Å². The van der Waals surface area contributed by atoms with E-state index < -0.39 is 0 Å². The molecule has 0 aromatic rings. The Morgan fingerprint density at radius 1 is 1.08 bits per heavy atom. The van der Waals surface area contributed by atoms with Crippen molar-refractivity contribution < 1.29 is 4.43 Å². The van der Waals surface area contributed by atoms with Gasteiger partial charge in [0.15, 0.2) is 0 Å². The van der Waals surface area contributed by atoms with Crippen molar-refractivity contribution in [1.82, 2.24) is 0 Å². The molecule has 70 valence electrons. The van der Waals surface area contributed by atoms with Crippen LogP contribution in [-0.2, 0) is 4.43 Å². The van der Waals surface area contributed by atoms with Crippen LogP contribution in [0.3, 0.4) is 0 Å². The van der Waals surface area contributed by atoms with Gasteiger partial charge in [0, 0.05) is 6.42 Å². The van der Waals surface area contributed by atoms with Crippen LogP contribution < -0.4 is 0 Å². The van der Waals surface area contributed by atoms with Crippen molar-refractivity contribution in [1.29, 1.82) is 0 Å². The average Bonchev–Trinajstić information content (AvgIpc) is 2.10. The maximum atomic E-state index is 4.76. The van der Waals surface area contributed by atoms with E-state index >= 15 is 0 Å². The van der Waals surface area contributed by atoms with Crippen molar-refractivity contribution in [3.8, 4) is 12.0 Å². The largest absolute Gasteiger partial charge is 0.512 e. The predicted molar refractivity (Wildman–Crippen MR) is 56.8 cm³/mol. The molecule has 0 heterocycles. The van der Waals surface area contributed by atoms with Gasteiger partial charge in [0.2, 0.25) is 10.5 Å². The first-order valence-electron chi connectivity index (χ1n) is 4.92. The molecule has 0 fully saturated rings. The Kier molecular flexibility index (Phi) is 10.2. The molecule has 0 N–H and O–H groups in total. The summed E-state index contributed by atoms with van der Waals surface area (Å²) in [6.07, 6.45) is 11.7. The Morgan fingerprint density at radius 2 is 1.75 bits per heavy atom. The molecular formula is C10H20OSi. The molecule has 0 unspecified atom stereocenters. The second-order valence-corrected chi connectivity index (χ2v) is 3.41. The maximum absolute atomic E-state index is 4.76. The number of unbranched alkanes of at least 4 members (excludes halogenated alkanes) is 6. The Bertz CT molecular complexity index is 135. The molecule has 2 heteroatoms. The van der Waals surface area contributed by atoms with Crippen molar-refractivity contribution in [2.24, 2.45) is 0 Å². The predicted octanol–water partition coefficient (Wildman–Crippen LogP) is 1.99. The van der Waals surface area contributed by atoms with Gasteiger partial charge in [0.25, 0.3) is 0 Å². The standard InChI is InChI=1S/C10H20OSi/c1-2-3-4-5-6-7-8-9-10-11-12/h2-8H2,1,12H3. The molecule has 0 saturated carbocycles. The van der Waals surface area contributed by atoms with Gasteiger partial charge in [-0.25, -0.2) is 0 Å². The smallest absolute Gasteiger partial charge is 0.219 e. The van der Waals surface area contributed by atoms with Crippen molar-refractivity contribution in [3.63, 3.8) is 0 Å². The highest BCUT2D eigenvalue weighted by atomic mass is 28.2. The van der Waals surface area contributed by atoms with Gasteiger partial charge in [-0.15, -0.1) is 0 Å². The second kappa shape index (κ2) is 10.6. The van der Waals surface area contributed by atoms with Crippen LogP contribution >= 0.6 is 0 Å². The zero-order valence-electron chi connectivity index (χ0n) is 8.36. The van der Waals surface area contributed by atoms with Crippen molar-refractivity contribution in [2.45, 2.75) is 51.9 Å². The first-order valence-corrected chi connectivity index (χ1v) is 5.74. The molecule has 0 rings (SSSR count). The van der Waals surface area contributed by atoms with Gasteiger partial charge >= 0.3 is 0 Å². The molecule has 0 bridgehead atoms. The summed E-state index contributed by atoms with van der Waals surface area (Å²) in [6.45, 7) is 2.24. The lowest BCUT2D eigenvalue weighted by Gasteiger charge is -1.96. The first kappa shape index (κ1) is 11.6. The summed E-state index contributed by atoms with van der Waals surface area (Å²) in [5, 5.41) is 0. The number of rotatable bonds is 6. The Hall–Kier alpha value is -0.423. The lowest BCUT2D eigenvalue weighted by Crippen LogP contribution is -1.78. The highest BCUT2D eigenvalue weighted by molar-refractivity contribution is 5.98. The number of hydrogen-bond donors (Lipinski definition) is 0. The van der Waals surface area contributed by atoms with E-state index in [0.717, 1.165) is 16.9 Å². The monoisotopic (exact) mass is 184 g/mol. The molecule has 0 radical (unpaired) electrons. The van der Waals surface area contributed by atoms with Gasteiger partial charge in [-0.1, -0.05) is 44.9 Å². The highest BCUT2D eigenvalue weighted by Gasteiger charge is 1.87. The van der Waals surface area contributed by atoms with Crippen molar-refractivity contribution in [3.05, 3.63) is 0 Å². The fourth-order valence-electron chi connectivity index (χ4n) is 1.12. The first-order chi connectivity index (χ1) is 5.91. The normalized spacial score (nSPS) is 9.08. The molecule has 0 aliphatic heterocycles. The quantitative estimate of drug-likeness (QED) is 0.348. The van der Waals surface area contributed by atoms with E-state index in [0.29, 0.717) is 0 Å². The summed E-state index contributed by atoms with van der Waals surface area (Å²) in [5.74, 6) is 2.99. The van der Waals surface area contributed by atoms with Crippen LogP contribution in [0, 0.1) is 12.0 Å². The summed E-state index contributed by atoms with van der Waals surface area (Å²) in [5.41, 5.74) is 0. The van der Waals surface area contributed by atoms with Crippen LogP contribution in [0.15, 0.2) is 0 Å². The summed E-state index contributed by atoms with van der Waals surface area (Å²) in [7, 11) is 0.736. The summed E-state index contributed by atoms with van der Waals surface area (Å²) in [4.78, 5) is 0. The van der Waals surface area contributed by atoms with E-state index in [1.807, 2.05) is 0 Å². The van der Waals surface area contributed by atoms with Gasteiger partial charge in [-0.3, -0.25) is 0 Å². The van der Waals surface area contributed by atoms with E-state index in [-0.39, 0.29) is 0 Å². The van der Waals surface area contributed by atoms with E-state index in [2.05, 4.69) is 19.0 Å². The summed E-state index contributed by atoms with van der Waals surface area (Å²) in [6, 6.07) is 0. The van der Waals surface area contributed by atoms with Gasteiger partial charge in [0.05, 0.1) is 6.11 Å². The molecule has 0 aliphatic carbocycles. The molecule has 0 saturated heterocycles. The Labute approximate surface area is 79.4 Å². The topological polar surface area (TPSA) is 9.23 Å². The van der Waals surface area contributed by atoms with Crippen molar-refractivity contribution >= 4 is 10.5 Å². The van der Waals surface area contributed by atoms with E-state index in [4.69, 9.17) is 4.43 Å². The zero-order chi connectivity index (χ0) is 9.07. The van der Waals surface area contributed by atoms with Crippen LogP contribution in [0.25, 0.3) is 0 Å². The molecule has 0 amide bonds. The second-order valence-electron chi connectivity index (χ2n) is 3.00. The molecule has 0 aromatic carbocycles. The molecular weight excluding hydrogens is 164 g/mol. The molecule has 0 aromatic heterocycles. The van der Waals surface area contributed by atoms with E-state index in [1.165, 1.54) is 38.5 Å². The van der Waals surface area contributed by atoms with Crippen LogP contribution in [0.2, 0.25) is 0 Å². The molecule has 0 aliphatic rings. The SMILES string of the molecule is CCCCCCCCC#CO[SiH3]. The lowest BCUT2D eigenvalue weighted by molar-refractivity contribution is 0.575. The van der Waals surface area contributed by atoms with E-state index in [9.17, 15) is 0 Å². The fraction of sp³-hybridized carbons (Fsp3) is 0.800. The summed E-state index contributed by atoms with van der Waals surface area (Å²) < 4.78 is 4.76. The Balaban J connectivity index is 2.91. The van der Waals surface area contributed by atoms with E-state index in [1.54, 1.807) is 0 Å². The third-order valence-corrected chi connectivity index (χ3v) is 2.03. The minimum absolute atomic E-state index is 0.736. The van der Waals surface area contributed by atoms with Gasteiger partial charge in [0.1, 0.15) is 0 Å². The fourth-order valence-corrected chi connectivity index (χ4v) is 1.26. The average molecular weight is 184 g/mol. The maximum Gasteiger partial charge on any atom is 0.219 e. The van der Waals surface area contributed by atoms with Crippen LogP contribution in [-0.4, -0.2) is 10.5 Å². The van der Waals surface area contributed by atoms with Crippen LogP contribution in [0.1, 0.15) is 51.9 Å². The third kappa shape index (κ3) is 9.58. The van der Waals surface area contributed by atoms with Crippen LogP contribution in [0.4, 0.5) is 0 Å². The lowest BCUT2D eigenvalue weighted by atomic mass is 10.1. The molecule has 0 spiro atoms. The molecule has 1 nitrogen and oxygen atoms in total. The molecule has 12 heavy (non-hydrogen) atoms. The minimum Gasteiger partial charge on any atom is -0.512 e. The number of hydrogen-bond acceptors (Lipinski definition) is 1. The van der Waals surface area contributed by atoms with Crippen LogP contribution in [0.5, 0.6) is 0 Å². The van der Waals surface area contributed by atoms with Gasteiger partial charge in [-0.2, -0.15) is 0 Å².